The molecule has 0 radical (unpaired) electrons. The molecule has 6 rings (SSSR count). The summed E-state index contributed by atoms with van der Waals surface area (Å²) in [7, 11) is 0. The molecule has 2 fully saturated rings. The van der Waals surface area contributed by atoms with Crippen LogP contribution in [0.5, 0.6) is 0 Å². The van der Waals surface area contributed by atoms with Gasteiger partial charge in [0.25, 0.3) is 0 Å². The SMILES string of the molecule is CC(C)=C1CC[C@]2(COC(=O)c3ccccc3)[C@@H](OC(=O)c3cccnc3)/C=C(\C)CC[C@@H]3O[C@@]3(C)C[C@@H](OC(=O)c3cccnc3)[C@@H]12. The molecule has 1 aliphatic heterocycles. The van der Waals surface area contributed by atoms with Crippen LogP contribution >= 0.6 is 0 Å². The third-order valence-corrected chi connectivity index (χ3v) is 10.1. The lowest BCUT2D eigenvalue weighted by Crippen LogP contribution is -2.50. The first kappa shape index (κ1) is 33.3. The van der Waals surface area contributed by atoms with Crippen LogP contribution in [0.1, 0.15) is 90.9 Å². The van der Waals surface area contributed by atoms with Gasteiger partial charge in [0.15, 0.2) is 0 Å². The Hall–Kier alpha value is -4.63. The van der Waals surface area contributed by atoms with Crippen molar-refractivity contribution in [1.29, 1.82) is 0 Å². The van der Waals surface area contributed by atoms with Crippen molar-refractivity contribution in [3.63, 3.8) is 0 Å². The highest BCUT2D eigenvalue weighted by Crippen LogP contribution is 2.57. The van der Waals surface area contributed by atoms with Crippen molar-refractivity contribution in [2.24, 2.45) is 11.3 Å². The van der Waals surface area contributed by atoms with Crippen LogP contribution < -0.4 is 0 Å². The Bertz CT molecular complexity index is 1700. The van der Waals surface area contributed by atoms with Gasteiger partial charge in [-0.2, -0.15) is 0 Å². The minimum absolute atomic E-state index is 0.0169. The third kappa shape index (κ3) is 6.97. The zero-order valence-electron chi connectivity index (χ0n) is 27.9. The van der Waals surface area contributed by atoms with Gasteiger partial charge >= 0.3 is 17.9 Å². The minimum atomic E-state index is -0.985. The third-order valence-electron chi connectivity index (χ3n) is 10.1. The van der Waals surface area contributed by atoms with E-state index in [0.717, 1.165) is 29.6 Å². The van der Waals surface area contributed by atoms with E-state index in [-0.39, 0.29) is 12.7 Å². The second-order valence-corrected chi connectivity index (χ2v) is 13.6. The molecule has 9 heteroatoms. The van der Waals surface area contributed by atoms with Crippen molar-refractivity contribution in [3.05, 3.63) is 119 Å². The molecule has 0 spiro atoms. The van der Waals surface area contributed by atoms with Gasteiger partial charge in [0.2, 0.25) is 0 Å². The Morgan fingerprint density at radius 2 is 1.50 bits per heavy atom. The van der Waals surface area contributed by atoms with E-state index in [4.69, 9.17) is 18.9 Å². The van der Waals surface area contributed by atoms with Gasteiger partial charge in [-0.1, -0.05) is 34.9 Å². The lowest BCUT2D eigenvalue weighted by molar-refractivity contribution is -0.0796. The number of hydrogen-bond donors (Lipinski definition) is 0. The highest BCUT2D eigenvalue weighted by atomic mass is 16.6. The average Bonchev–Trinajstić information content (AvgIpc) is 3.57. The van der Waals surface area contributed by atoms with E-state index in [1.165, 1.54) is 12.4 Å². The number of hydrogen-bond acceptors (Lipinski definition) is 9. The van der Waals surface area contributed by atoms with E-state index in [0.29, 0.717) is 36.0 Å². The average molecular weight is 651 g/mol. The summed E-state index contributed by atoms with van der Waals surface area (Å²) in [5.41, 5.74) is 2.75. The van der Waals surface area contributed by atoms with E-state index in [2.05, 4.69) is 16.9 Å². The smallest absolute Gasteiger partial charge is 0.340 e. The van der Waals surface area contributed by atoms with Crippen molar-refractivity contribution in [2.45, 2.75) is 83.7 Å². The summed E-state index contributed by atoms with van der Waals surface area (Å²) >= 11 is 0. The molecule has 3 aliphatic rings. The molecule has 250 valence electrons. The first-order chi connectivity index (χ1) is 23.1. The maximum Gasteiger partial charge on any atom is 0.340 e. The number of benzene rings is 1. The fourth-order valence-electron chi connectivity index (χ4n) is 7.44. The maximum absolute atomic E-state index is 13.8. The molecule has 2 aliphatic carbocycles. The number of allylic oxidation sites excluding steroid dienone is 2. The quantitative estimate of drug-likeness (QED) is 0.114. The van der Waals surface area contributed by atoms with Gasteiger partial charge in [-0.25, -0.2) is 14.4 Å². The standard InChI is InChI=1S/C39H42N2O7/c1-25(2)30-16-17-39(24-45-35(42)27-10-6-5-7-11-27)33(47-37(44)29-13-9-19-41-23-29)20-26(3)14-15-32-38(4,48-32)21-31(34(30)39)46-36(43)28-12-8-18-40-22-28/h5-13,18-20,22-23,31-34H,14-17,21,24H2,1-4H3/b26-20+/t31-,32+,33+,34-,38+,39+/m1/s1. The molecule has 1 saturated carbocycles. The predicted molar refractivity (Wildman–Crippen MR) is 178 cm³/mol. The van der Waals surface area contributed by atoms with Gasteiger partial charge in [-0.05, 0) is 95.9 Å². The van der Waals surface area contributed by atoms with Crippen molar-refractivity contribution < 1.29 is 33.3 Å². The molecular weight excluding hydrogens is 608 g/mol. The first-order valence-electron chi connectivity index (χ1n) is 16.6. The van der Waals surface area contributed by atoms with Crippen LogP contribution in [0.15, 0.2) is 102 Å². The molecule has 2 aromatic heterocycles. The number of epoxide rings is 1. The summed E-state index contributed by atoms with van der Waals surface area (Å²) in [4.78, 5) is 49.3. The fraction of sp³-hybridized carbons (Fsp3) is 0.410. The topological polar surface area (TPSA) is 117 Å². The van der Waals surface area contributed by atoms with Crippen molar-refractivity contribution >= 4 is 17.9 Å². The number of carbonyl (C=O) groups excluding carboxylic acids is 3. The second-order valence-electron chi connectivity index (χ2n) is 13.6. The zero-order valence-corrected chi connectivity index (χ0v) is 27.9. The Labute approximate surface area is 281 Å². The molecule has 0 bridgehead atoms. The van der Waals surface area contributed by atoms with Gasteiger partial charge in [0, 0.05) is 37.1 Å². The zero-order chi connectivity index (χ0) is 33.9. The van der Waals surface area contributed by atoms with Gasteiger partial charge in [-0.15, -0.1) is 0 Å². The monoisotopic (exact) mass is 650 g/mol. The van der Waals surface area contributed by atoms with Crippen molar-refractivity contribution in [2.75, 3.05) is 6.61 Å². The van der Waals surface area contributed by atoms with E-state index in [9.17, 15) is 14.4 Å². The molecule has 6 atom stereocenters. The van der Waals surface area contributed by atoms with Crippen LogP contribution in [0.4, 0.5) is 0 Å². The summed E-state index contributed by atoms with van der Waals surface area (Å²) < 4.78 is 25.4. The van der Waals surface area contributed by atoms with Crippen LogP contribution in [0.2, 0.25) is 0 Å². The molecule has 3 heterocycles. The first-order valence-corrected chi connectivity index (χ1v) is 16.6. The fourth-order valence-corrected chi connectivity index (χ4v) is 7.44. The van der Waals surface area contributed by atoms with Crippen LogP contribution in [0.25, 0.3) is 0 Å². The Balaban J connectivity index is 1.49. The number of fused-ring (bicyclic) bond motifs is 2. The molecule has 9 nitrogen and oxygen atoms in total. The Kier molecular flexibility index (Phi) is 9.60. The van der Waals surface area contributed by atoms with E-state index in [1.54, 1.807) is 60.9 Å². The highest BCUT2D eigenvalue weighted by molar-refractivity contribution is 5.90. The van der Waals surface area contributed by atoms with Crippen LogP contribution in [-0.2, 0) is 18.9 Å². The second kappa shape index (κ2) is 13.8. The Morgan fingerprint density at radius 1 is 0.854 bits per heavy atom. The molecule has 0 unspecified atom stereocenters. The van der Waals surface area contributed by atoms with Crippen LogP contribution in [-0.4, -0.2) is 58.4 Å². The maximum atomic E-state index is 13.8. The van der Waals surface area contributed by atoms with Crippen molar-refractivity contribution in [3.8, 4) is 0 Å². The van der Waals surface area contributed by atoms with Crippen LogP contribution in [0.3, 0.4) is 0 Å². The number of carbonyl (C=O) groups is 3. The summed E-state index contributed by atoms with van der Waals surface area (Å²) in [6, 6.07) is 15.5. The number of ether oxygens (including phenoxy) is 4. The summed E-state index contributed by atoms with van der Waals surface area (Å²) in [6.45, 7) is 8.11. The highest BCUT2D eigenvalue weighted by Gasteiger charge is 2.61. The number of pyridine rings is 2. The molecule has 3 aromatic rings. The van der Waals surface area contributed by atoms with Crippen LogP contribution in [0, 0.1) is 11.3 Å². The number of rotatable bonds is 7. The molecule has 1 aromatic carbocycles. The van der Waals surface area contributed by atoms with E-state index >= 15 is 0 Å². The normalized spacial score (nSPS) is 29.2. The lowest BCUT2D eigenvalue weighted by Gasteiger charge is -2.43. The number of nitrogens with zero attached hydrogens (tertiary/aromatic N) is 2. The molecule has 0 amide bonds. The van der Waals surface area contributed by atoms with Gasteiger partial charge in [0.05, 0.1) is 33.8 Å². The number of esters is 3. The molecular formula is C39H42N2O7. The molecule has 1 saturated heterocycles. The van der Waals surface area contributed by atoms with Gasteiger partial charge in [-0.3, -0.25) is 9.97 Å². The summed E-state index contributed by atoms with van der Waals surface area (Å²) in [5, 5.41) is 0. The van der Waals surface area contributed by atoms with E-state index < -0.39 is 47.0 Å². The molecule has 48 heavy (non-hydrogen) atoms. The Morgan fingerprint density at radius 3 is 2.12 bits per heavy atom. The van der Waals surface area contributed by atoms with Crippen molar-refractivity contribution in [1.82, 2.24) is 9.97 Å². The predicted octanol–water partition coefficient (Wildman–Crippen LogP) is 7.11. The lowest BCUT2D eigenvalue weighted by atomic mass is 9.68. The largest absolute Gasteiger partial charge is 0.461 e. The van der Waals surface area contributed by atoms with Gasteiger partial charge in [0.1, 0.15) is 18.8 Å². The minimum Gasteiger partial charge on any atom is -0.461 e. The number of aromatic nitrogens is 2. The summed E-state index contributed by atoms with van der Waals surface area (Å²) in [5.74, 6) is -1.99. The molecule has 0 N–H and O–H groups in total. The summed E-state index contributed by atoms with van der Waals surface area (Å²) in [6.07, 6.45) is 9.71. The van der Waals surface area contributed by atoms with E-state index in [1.807, 2.05) is 32.9 Å². The van der Waals surface area contributed by atoms with Gasteiger partial charge < -0.3 is 18.9 Å².